The Balaban J connectivity index is 2.19. The van der Waals surface area contributed by atoms with E-state index in [4.69, 9.17) is 9.84 Å². The number of aliphatic carboxylic acids is 1. The molecule has 92 valence electrons. The summed E-state index contributed by atoms with van der Waals surface area (Å²) >= 11 is 0. The Bertz CT molecular complexity index is 419. The number of hydrogen-bond acceptors (Lipinski definition) is 3. The monoisotopic (exact) mass is 235 g/mol. The van der Waals surface area contributed by atoms with Gasteiger partial charge in [0.2, 0.25) is 0 Å². The van der Waals surface area contributed by atoms with Crippen molar-refractivity contribution in [3.8, 4) is 5.75 Å². The van der Waals surface area contributed by atoms with E-state index in [1.54, 1.807) is 7.11 Å². The third kappa shape index (κ3) is 2.42. The normalized spacial score (nSPS) is 24.8. The zero-order valence-electron chi connectivity index (χ0n) is 10.1. The zero-order chi connectivity index (χ0) is 12.4. The van der Waals surface area contributed by atoms with Gasteiger partial charge < -0.3 is 9.84 Å². The molecule has 0 spiro atoms. The first-order valence-electron chi connectivity index (χ1n) is 5.69. The lowest BCUT2D eigenvalue weighted by atomic mass is 10.00. The quantitative estimate of drug-likeness (QED) is 0.867. The van der Waals surface area contributed by atoms with Crippen molar-refractivity contribution in [3.05, 3.63) is 29.8 Å². The van der Waals surface area contributed by atoms with E-state index in [0.717, 1.165) is 11.3 Å². The maximum atomic E-state index is 11.0. The molecule has 0 radical (unpaired) electrons. The lowest BCUT2D eigenvalue weighted by Gasteiger charge is -2.19. The number of carboxylic acids is 1. The molecule has 1 heterocycles. The Labute approximate surface area is 101 Å². The molecule has 4 heteroatoms. The summed E-state index contributed by atoms with van der Waals surface area (Å²) in [4.78, 5) is 13.1. The highest BCUT2D eigenvalue weighted by molar-refractivity contribution is 5.70. The molecule has 0 amide bonds. The van der Waals surface area contributed by atoms with Gasteiger partial charge in [0.05, 0.1) is 13.0 Å². The van der Waals surface area contributed by atoms with Gasteiger partial charge in [-0.3, -0.25) is 9.69 Å². The Morgan fingerprint density at radius 2 is 2.29 bits per heavy atom. The van der Waals surface area contributed by atoms with E-state index in [2.05, 4.69) is 4.90 Å². The standard InChI is InChI=1S/C13H17NO3/c1-14-8-10(13(15)16)7-12(14)9-4-3-5-11(6-9)17-2/h3-6,10,12H,7-8H2,1-2H3,(H,15,16)/t10-,12+/m0/s1. The van der Waals surface area contributed by atoms with E-state index in [-0.39, 0.29) is 12.0 Å². The van der Waals surface area contributed by atoms with Crippen LogP contribution in [0.2, 0.25) is 0 Å². The fraction of sp³-hybridized carbons (Fsp3) is 0.462. The number of carboxylic acid groups (broad SMARTS) is 1. The highest BCUT2D eigenvalue weighted by atomic mass is 16.5. The van der Waals surface area contributed by atoms with Crippen LogP contribution in [0.15, 0.2) is 24.3 Å². The molecule has 2 rings (SSSR count). The van der Waals surface area contributed by atoms with Crippen molar-refractivity contribution in [2.45, 2.75) is 12.5 Å². The molecule has 4 nitrogen and oxygen atoms in total. The van der Waals surface area contributed by atoms with E-state index in [1.165, 1.54) is 0 Å². The molecule has 1 fully saturated rings. The second-order valence-corrected chi connectivity index (χ2v) is 4.50. The van der Waals surface area contributed by atoms with Crippen LogP contribution >= 0.6 is 0 Å². The molecule has 0 aromatic heterocycles. The lowest BCUT2D eigenvalue weighted by Crippen LogP contribution is -2.20. The lowest BCUT2D eigenvalue weighted by molar-refractivity contribution is -0.141. The van der Waals surface area contributed by atoms with Crippen LogP contribution in [0, 0.1) is 5.92 Å². The molecular formula is C13H17NO3. The minimum Gasteiger partial charge on any atom is -0.497 e. The third-order valence-corrected chi connectivity index (χ3v) is 3.38. The smallest absolute Gasteiger partial charge is 0.307 e. The molecule has 1 aromatic carbocycles. The molecule has 0 aliphatic carbocycles. The number of carbonyl (C=O) groups is 1. The van der Waals surface area contributed by atoms with Crippen molar-refractivity contribution in [1.29, 1.82) is 0 Å². The molecule has 0 bridgehead atoms. The number of benzene rings is 1. The van der Waals surface area contributed by atoms with E-state index >= 15 is 0 Å². The Hall–Kier alpha value is -1.55. The molecule has 1 aromatic rings. The predicted molar refractivity (Wildman–Crippen MR) is 64.1 cm³/mol. The third-order valence-electron chi connectivity index (χ3n) is 3.38. The van der Waals surface area contributed by atoms with Gasteiger partial charge in [-0.2, -0.15) is 0 Å². The van der Waals surface area contributed by atoms with Crippen LogP contribution in [0.4, 0.5) is 0 Å². The number of likely N-dealkylation sites (tertiary alicyclic amines) is 1. The maximum Gasteiger partial charge on any atom is 0.307 e. The second-order valence-electron chi connectivity index (χ2n) is 4.50. The molecule has 0 saturated carbocycles. The van der Waals surface area contributed by atoms with E-state index in [9.17, 15) is 4.79 Å². The molecule has 17 heavy (non-hydrogen) atoms. The van der Waals surface area contributed by atoms with Gasteiger partial charge in [-0.25, -0.2) is 0 Å². The van der Waals surface area contributed by atoms with Crippen molar-refractivity contribution in [3.63, 3.8) is 0 Å². The SMILES string of the molecule is COc1cccc([C@H]2C[C@H](C(=O)O)CN2C)c1. The van der Waals surface area contributed by atoms with Crippen molar-refractivity contribution >= 4 is 5.97 Å². The second kappa shape index (κ2) is 4.75. The summed E-state index contributed by atoms with van der Waals surface area (Å²) in [6.45, 7) is 0.608. The highest BCUT2D eigenvalue weighted by Crippen LogP contribution is 2.35. The number of ether oxygens (including phenoxy) is 1. The molecule has 0 unspecified atom stereocenters. The topological polar surface area (TPSA) is 49.8 Å². The van der Waals surface area contributed by atoms with Crippen LogP contribution in [0.5, 0.6) is 5.75 Å². The van der Waals surface area contributed by atoms with Gasteiger partial charge in [-0.1, -0.05) is 12.1 Å². The van der Waals surface area contributed by atoms with Crippen molar-refractivity contribution in [2.75, 3.05) is 20.7 Å². The van der Waals surface area contributed by atoms with Gasteiger partial charge in [0.15, 0.2) is 0 Å². The summed E-state index contributed by atoms with van der Waals surface area (Å²) in [6.07, 6.45) is 0.666. The highest BCUT2D eigenvalue weighted by Gasteiger charge is 2.34. The molecular weight excluding hydrogens is 218 g/mol. The Kier molecular flexibility index (Phi) is 3.33. The molecule has 1 N–H and O–H groups in total. The van der Waals surface area contributed by atoms with Gasteiger partial charge in [0.1, 0.15) is 5.75 Å². The summed E-state index contributed by atoms with van der Waals surface area (Å²) in [6, 6.07) is 8.01. The molecule has 1 aliphatic heterocycles. The summed E-state index contributed by atoms with van der Waals surface area (Å²) < 4.78 is 5.19. The summed E-state index contributed by atoms with van der Waals surface area (Å²) in [5, 5.41) is 9.05. The number of hydrogen-bond donors (Lipinski definition) is 1. The first-order valence-corrected chi connectivity index (χ1v) is 5.69. The predicted octanol–water partition coefficient (Wildman–Crippen LogP) is 1.77. The van der Waals surface area contributed by atoms with Gasteiger partial charge in [-0.15, -0.1) is 0 Å². The number of nitrogens with zero attached hydrogens (tertiary/aromatic N) is 1. The van der Waals surface area contributed by atoms with E-state index in [1.807, 2.05) is 31.3 Å². The van der Waals surface area contributed by atoms with E-state index < -0.39 is 5.97 Å². The van der Waals surface area contributed by atoms with E-state index in [0.29, 0.717) is 13.0 Å². The van der Waals surface area contributed by atoms with Crippen LogP contribution in [-0.4, -0.2) is 36.7 Å². The van der Waals surface area contributed by atoms with Crippen LogP contribution in [0.1, 0.15) is 18.0 Å². The van der Waals surface area contributed by atoms with Gasteiger partial charge in [0.25, 0.3) is 0 Å². The van der Waals surface area contributed by atoms with Crippen molar-refractivity contribution in [1.82, 2.24) is 4.90 Å². The summed E-state index contributed by atoms with van der Waals surface area (Å²) in [5.74, 6) is -0.159. The fourth-order valence-electron chi connectivity index (χ4n) is 2.42. The molecule has 1 aliphatic rings. The largest absolute Gasteiger partial charge is 0.497 e. The van der Waals surface area contributed by atoms with Crippen LogP contribution in [0.3, 0.4) is 0 Å². The Morgan fingerprint density at radius 3 is 2.88 bits per heavy atom. The summed E-state index contributed by atoms with van der Waals surface area (Å²) in [7, 11) is 3.60. The first kappa shape index (κ1) is 11.9. The van der Waals surface area contributed by atoms with Gasteiger partial charge >= 0.3 is 5.97 Å². The minimum atomic E-state index is -0.706. The van der Waals surface area contributed by atoms with Crippen LogP contribution in [0.25, 0.3) is 0 Å². The number of methoxy groups -OCH3 is 1. The molecule has 1 saturated heterocycles. The minimum absolute atomic E-state index is 0.172. The van der Waals surface area contributed by atoms with Gasteiger partial charge in [-0.05, 0) is 31.2 Å². The fourth-order valence-corrected chi connectivity index (χ4v) is 2.42. The Morgan fingerprint density at radius 1 is 1.53 bits per heavy atom. The molecule has 2 atom stereocenters. The van der Waals surface area contributed by atoms with Crippen molar-refractivity contribution in [2.24, 2.45) is 5.92 Å². The van der Waals surface area contributed by atoms with Crippen LogP contribution in [-0.2, 0) is 4.79 Å². The maximum absolute atomic E-state index is 11.0. The summed E-state index contributed by atoms with van der Waals surface area (Å²) in [5.41, 5.74) is 1.12. The number of rotatable bonds is 3. The van der Waals surface area contributed by atoms with Gasteiger partial charge in [0, 0.05) is 12.6 Å². The first-order chi connectivity index (χ1) is 8.11. The average Bonchev–Trinajstić information content (AvgIpc) is 2.72. The van der Waals surface area contributed by atoms with Crippen molar-refractivity contribution < 1.29 is 14.6 Å². The van der Waals surface area contributed by atoms with Crippen LogP contribution < -0.4 is 4.74 Å². The average molecular weight is 235 g/mol. The zero-order valence-corrected chi connectivity index (χ0v) is 10.1.